The standard InChI is InChI=1S/C13H23N3O3/c1-9-4-5-11(16(9)13(18)19)12(17)15-7-6-14(3)10(2)8-15/h9-11H,4-8H2,1-3H3,(H,18,19)/t9-,10+,11+/m1/s1. The molecule has 2 aliphatic rings. The second-order valence-electron chi connectivity index (χ2n) is 5.75. The Kier molecular flexibility index (Phi) is 3.99. The van der Waals surface area contributed by atoms with Crippen LogP contribution in [-0.2, 0) is 4.79 Å². The van der Waals surface area contributed by atoms with E-state index in [1.807, 2.05) is 18.9 Å². The van der Waals surface area contributed by atoms with Crippen molar-refractivity contribution in [1.29, 1.82) is 0 Å². The first-order chi connectivity index (χ1) is 8.91. The number of carbonyl (C=O) groups excluding carboxylic acids is 1. The number of likely N-dealkylation sites (tertiary alicyclic amines) is 1. The molecule has 2 amide bonds. The lowest BCUT2D eigenvalue weighted by Crippen LogP contribution is -2.57. The minimum Gasteiger partial charge on any atom is -0.465 e. The first kappa shape index (κ1) is 14.1. The van der Waals surface area contributed by atoms with Gasteiger partial charge in [-0.1, -0.05) is 0 Å². The molecule has 0 bridgehead atoms. The fraction of sp³-hybridized carbons (Fsp3) is 0.846. The van der Waals surface area contributed by atoms with Gasteiger partial charge < -0.3 is 14.9 Å². The molecule has 6 heteroatoms. The Balaban J connectivity index is 2.05. The highest BCUT2D eigenvalue weighted by atomic mass is 16.4. The molecular formula is C13H23N3O3. The van der Waals surface area contributed by atoms with Gasteiger partial charge in [0, 0.05) is 31.7 Å². The van der Waals surface area contributed by atoms with Crippen molar-refractivity contribution in [3.63, 3.8) is 0 Å². The molecule has 0 unspecified atom stereocenters. The topological polar surface area (TPSA) is 64.1 Å². The summed E-state index contributed by atoms with van der Waals surface area (Å²) in [6, 6.07) is -0.214. The molecule has 2 fully saturated rings. The summed E-state index contributed by atoms with van der Waals surface area (Å²) in [4.78, 5) is 29.2. The Bertz CT molecular complexity index is 374. The van der Waals surface area contributed by atoms with Gasteiger partial charge in [-0.3, -0.25) is 9.69 Å². The summed E-state index contributed by atoms with van der Waals surface area (Å²) in [5.41, 5.74) is 0. The Labute approximate surface area is 114 Å². The van der Waals surface area contributed by atoms with E-state index in [1.54, 1.807) is 0 Å². The third kappa shape index (κ3) is 2.68. The van der Waals surface area contributed by atoms with Crippen LogP contribution < -0.4 is 0 Å². The average molecular weight is 269 g/mol. The maximum atomic E-state index is 12.5. The number of amides is 2. The summed E-state index contributed by atoms with van der Waals surface area (Å²) in [6.07, 6.45) is 0.435. The molecule has 1 N–H and O–H groups in total. The number of hydrogen-bond acceptors (Lipinski definition) is 3. The van der Waals surface area contributed by atoms with Gasteiger partial charge in [-0.05, 0) is 33.7 Å². The molecule has 2 heterocycles. The van der Waals surface area contributed by atoms with Gasteiger partial charge in [0.2, 0.25) is 5.91 Å². The fourth-order valence-electron chi connectivity index (χ4n) is 3.01. The Morgan fingerprint density at radius 2 is 1.79 bits per heavy atom. The number of nitrogens with zero attached hydrogens (tertiary/aromatic N) is 3. The summed E-state index contributed by atoms with van der Waals surface area (Å²) >= 11 is 0. The van der Waals surface area contributed by atoms with E-state index in [9.17, 15) is 14.7 Å². The summed E-state index contributed by atoms with van der Waals surface area (Å²) in [6.45, 7) is 6.19. The van der Waals surface area contributed by atoms with Crippen molar-refractivity contribution >= 4 is 12.0 Å². The number of carbonyl (C=O) groups is 2. The second kappa shape index (κ2) is 5.36. The third-order valence-corrected chi connectivity index (χ3v) is 4.45. The minimum atomic E-state index is -0.981. The van der Waals surface area contributed by atoms with Crippen LogP contribution in [0.3, 0.4) is 0 Å². The molecule has 2 aliphatic heterocycles. The van der Waals surface area contributed by atoms with Gasteiger partial charge in [-0.2, -0.15) is 0 Å². The van der Waals surface area contributed by atoms with Crippen molar-refractivity contribution in [3.8, 4) is 0 Å². The molecule has 6 nitrogen and oxygen atoms in total. The van der Waals surface area contributed by atoms with E-state index >= 15 is 0 Å². The normalized spacial score (nSPS) is 32.7. The Hall–Kier alpha value is -1.30. The molecule has 0 aromatic rings. The van der Waals surface area contributed by atoms with Crippen molar-refractivity contribution in [3.05, 3.63) is 0 Å². The van der Waals surface area contributed by atoms with Crippen molar-refractivity contribution in [2.75, 3.05) is 26.7 Å². The number of likely N-dealkylation sites (N-methyl/N-ethyl adjacent to an activating group) is 1. The van der Waals surface area contributed by atoms with Crippen molar-refractivity contribution in [1.82, 2.24) is 14.7 Å². The van der Waals surface area contributed by atoms with E-state index in [1.165, 1.54) is 4.90 Å². The smallest absolute Gasteiger partial charge is 0.408 e. The van der Waals surface area contributed by atoms with E-state index in [4.69, 9.17) is 0 Å². The van der Waals surface area contributed by atoms with Crippen LogP contribution in [0.4, 0.5) is 4.79 Å². The van der Waals surface area contributed by atoms with Gasteiger partial charge >= 0.3 is 6.09 Å². The lowest BCUT2D eigenvalue weighted by molar-refractivity contribution is -0.138. The first-order valence-electron chi connectivity index (χ1n) is 6.92. The number of piperazine rings is 1. The Morgan fingerprint density at radius 3 is 2.37 bits per heavy atom. The fourth-order valence-corrected chi connectivity index (χ4v) is 3.01. The molecule has 0 aliphatic carbocycles. The summed E-state index contributed by atoms with van der Waals surface area (Å²) in [5.74, 6) is -0.0216. The molecule has 19 heavy (non-hydrogen) atoms. The molecular weight excluding hydrogens is 246 g/mol. The van der Waals surface area contributed by atoms with Gasteiger partial charge in [-0.15, -0.1) is 0 Å². The quantitative estimate of drug-likeness (QED) is 0.760. The molecule has 0 spiro atoms. The first-order valence-corrected chi connectivity index (χ1v) is 6.92. The summed E-state index contributed by atoms with van der Waals surface area (Å²) in [5, 5.41) is 9.24. The van der Waals surface area contributed by atoms with Gasteiger partial charge in [-0.25, -0.2) is 4.79 Å². The van der Waals surface area contributed by atoms with Crippen LogP contribution in [0.25, 0.3) is 0 Å². The third-order valence-electron chi connectivity index (χ3n) is 4.45. The highest BCUT2D eigenvalue weighted by Gasteiger charge is 2.41. The lowest BCUT2D eigenvalue weighted by atomic mass is 10.1. The summed E-state index contributed by atoms with van der Waals surface area (Å²) < 4.78 is 0. The molecule has 0 radical (unpaired) electrons. The Morgan fingerprint density at radius 1 is 1.11 bits per heavy atom. The molecule has 2 rings (SSSR count). The molecule has 2 saturated heterocycles. The van der Waals surface area contributed by atoms with E-state index in [0.29, 0.717) is 25.6 Å². The molecule has 0 aromatic heterocycles. The zero-order valence-corrected chi connectivity index (χ0v) is 11.9. The highest BCUT2D eigenvalue weighted by molar-refractivity contribution is 5.86. The lowest BCUT2D eigenvalue weighted by Gasteiger charge is -2.39. The van der Waals surface area contributed by atoms with E-state index in [0.717, 1.165) is 13.0 Å². The minimum absolute atomic E-state index is 0.0216. The van der Waals surface area contributed by atoms with Gasteiger partial charge in [0.05, 0.1) is 0 Å². The maximum Gasteiger partial charge on any atom is 0.408 e. The largest absolute Gasteiger partial charge is 0.465 e. The molecule has 108 valence electrons. The average Bonchev–Trinajstić information content (AvgIpc) is 2.74. The van der Waals surface area contributed by atoms with Crippen molar-refractivity contribution in [2.24, 2.45) is 0 Å². The molecule has 0 saturated carbocycles. The van der Waals surface area contributed by atoms with Crippen LogP contribution in [-0.4, -0.2) is 76.6 Å². The molecule has 3 atom stereocenters. The van der Waals surface area contributed by atoms with Gasteiger partial charge in [0.25, 0.3) is 0 Å². The SMILES string of the molecule is C[C@@H]1CC[C@@H](C(=O)N2CCN(C)[C@@H](C)C2)N1C(=O)O. The van der Waals surface area contributed by atoms with Gasteiger partial charge in [0.15, 0.2) is 0 Å². The monoisotopic (exact) mass is 269 g/mol. The predicted molar refractivity (Wildman–Crippen MR) is 71.0 cm³/mol. The number of carboxylic acid groups (broad SMARTS) is 1. The van der Waals surface area contributed by atoms with Gasteiger partial charge in [0.1, 0.15) is 6.04 Å². The predicted octanol–water partition coefficient (Wildman–Crippen LogP) is 0.680. The van der Waals surface area contributed by atoms with Crippen molar-refractivity contribution in [2.45, 2.75) is 44.8 Å². The maximum absolute atomic E-state index is 12.5. The highest BCUT2D eigenvalue weighted by Crippen LogP contribution is 2.26. The van der Waals surface area contributed by atoms with Crippen LogP contribution in [0, 0.1) is 0 Å². The van der Waals surface area contributed by atoms with Crippen molar-refractivity contribution < 1.29 is 14.7 Å². The van der Waals surface area contributed by atoms with Crippen LogP contribution >= 0.6 is 0 Å². The van der Waals surface area contributed by atoms with E-state index in [2.05, 4.69) is 11.8 Å². The zero-order valence-electron chi connectivity index (χ0n) is 11.9. The van der Waals surface area contributed by atoms with Crippen LogP contribution in [0.1, 0.15) is 26.7 Å². The number of hydrogen-bond donors (Lipinski definition) is 1. The number of rotatable bonds is 1. The summed E-state index contributed by atoms with van der Waals surface area (Å²) in [7, 11) is 2.05. The zero-order chi connectivity index (χ0) is 14.2. The molecule has 0 aromatic carbocycles. The van der Waals surface area contributed by atoms with Crippen LogP contribution in [0.5, 0.6) is 0 Å². The second-order valence-corrected chi connectivity index (χ2v) is 5.75. The van der Waals surface area contributed by atoms with Crippen LogP contribution in [0.15, 0.2) is 0 Å². The van der Waals surface area contributed by atoms with Crippen LogP contribution in [0.2, 0.25) is 0 Å². The van der Waals surface area contributed by atoms with E-state index in [-0.39, 0.29) is 11.9 Å². The van der Waals surface area contributed by atoms with E-state index < -0.39 is 12.1 Å².